The molecule has 3 aromatic rings. The highest BCUT2D eigenvalue weighted by atomic mass is 79.9. The molecular formula is C20H15Br3N2O3S. The number of hydrogen-bond acceptors (Lipinski definition) is 5. The quantitative estimate of drug-likeness (QED) is 0.246. The Balaban J connectivity index is 1.52. The lowest BCUT2D eigenvalue weighted by Gasteiger charge is -2.07. The molecule has 0 radical (unpaired) electrons. The Hall–Kier alpha value is -1.55. The van der Waals surface area contributed by atoms with Crippen molar-refractivity contribution in [1.82, 2.24) is 5.43 Å². The SMILES string of the molecule is Cc1ccc(Sc2oc(/C=N/NC(=O)COc3ccc(Br)cc3Br)cc2Br)cc1. The molecule has 0 aliphatic heterocycles. The van der Waals surface area contributed by atoms with Gasteiger partial charge in [-0.25, -0.2) is 5.43 Å². The summed E-state index contributed by atoms with van der Waals surface area (Å²) in [4.78, 5) is 13.0. The van der Waals surface area contributed by atoms with Crippen LogP contribution < -0.4 is 10.2 Å². The van der Waals surface area contributed by atoms with Crippen molar-refractivity contribution in [2.24, 2.45) is 5.10 Å². The van der Waals surface area contributed by atoms with Crippen LogP contribution >= 0.6 is 59.6 Å². The number of benzene rings is 2. The van der Waals surface area contributed by atoms with Crippen LogP contribution in [-0.4, -0.2) is 18.7 Å². The molecule has 1 heterocycles. The smallest absolute Gasteiger partial charge is 0.277 e. The fourth-order valence-corrected chi connectivity index (χ4v) is 4.64. The second-order valence-electron chi connectivity index (χ2n) is 5.86. The van der Waals surface area contributed by atoms with Crippen LogP contribution in [0, 0.1) is 6.92 Å². The van der Waals surface area contributed by atoms with Crippen LogP contribution in [0.3, 0.4) is 0 Å². The molecule has 0 atom stereocenters. The lowest BCUT2D eigenvalue weighted by Crippen LogP contribution is -2.24. The van der Waals surface area contributed by atoms with E-state index < -0.39 is 0 Å². The van der Waals surface area contributed by atoms with Gasteiger partial charge >= 0.3 is 0 Å². The first kappa shape index (κ1) is 22.1. The second kappa shape index (κ2) is 10.5. The van der Waals surface area contributed by atoms with E-state index in [1.807, 2.05) is 43.3 Å². The number of halogens is 3. The molecule has 9 heteroatoms. The van der Waals surface area contributed by atoms with E-state index in [4.69, 9.17) is 9.15 Å². The predicted octanol–water partition coefficient (Wildman–Crippen LogP) is 6.56. The number of hydrazone groups is 1. The van der Waals surface area contributed by atoms with Crippen molar-refractivity contribution in [3.8, 4) is 5.75 Å². The number of ether oxygens (including phenoxy) is 1. The number of nitrogens with zero attached hydrogens (tertiary/aromatic N) is 1. The average Bonchev–Trinajstić information content (AvgIpc) is 3.02. The molecular weight excluding hydrogens is 588 g/mol. The number of furan rings is 1. The first-order chi connectivity index (χ1) is 13.9. The van der Waals surface area contributed by atoms with Gasteiger partial charge in [0.1, 0.15) is 11.5 Å². The van der Waals surface area contributed by atoms with Gasteiger partial charge in [-0.05, 0) is 69.1 Å². The summed E-state index contributed by atoms with van der Waals surface area (Å²) in [6.07, 6.45) is 1.44. The van der Waals surface area contributed by atoms with Gasteiger partial charge in [0.2, 0.25) is 0 Å². The van der Waals surface area contributed by atoms with E-state index in [-0.39, 0.29) is 12.5 Å². The van der Waals surface area contributed by atoms with Gasteiger partial charge < -0.3 is 9.15 Å². The van der Waals surface area contributed by atoms with Crippen LogP contribution in [-0.2, 0) is 4.79 Å². The van der Waals surface area contributed by atoms with Gasteiger partial charge in [-0.15, -0.1) is 0 Å². The van der Waals surface area contributed by atoms with Crippen molar-refractivity contribution in [2.75, 3.05) is 6.61 Å². The van der Waals surface area contributed by atoms with E-state index >= 15 is 0 Å². The molecule has 1 aromatic heterocycles. The first-order valence-electron chi connectivity index (χ1n) is 8.34. The number of carbonyl (C=O) groups excluding carboxylic acids is 1. The summed E-state index contributed by atoms with van der Waals surface area (Å²) in [5, 5.41) is 4.63. The third kappa shape index (κ3) is 6.74. The molecule has 3 rings (SSSR count). The molecule has 0 aliphatic carbocycles. The topological polar surface area (TPSA) is 63.8 Å². The molecule has 1 N–H and O–H groups in total. The summed E-state index contributed by atoms with van der Waals surface area (Å²) in [7, 11) is 0. The summed E-state index contributed by atoms with van der Waals surface area (Å²) in [6.45, 7) is 1.89. The van der Waals surface area contributed by atoms with Crippen LogP contribution in [0.25, 0.3) is 0 Å². The van der Waals surface area contributed by atoms with Crippen LogP contribution in [0.1, 0.15) is 11.3 Å². The molecule has 29 heavy (non-hydrogen) atoms. The van der Waals surface area contributed by atoms with Crippen molar-refractivity contribution in [3.63, 3.8) is 0 Å². The van der Waals surface area contributed by atoms with Gasteiger partial charge in [0, 0.05) is 15.4 Å². The molecule has 150 valence electrons. The number of amides is 1. The third-order valence-corrected chi connectivity index (χ3v) is 6.50. The molecule has 1 amide bonds. The summed E-state index contributed by atoms with van der Waals surface area (Å²) in [5.74, 6) is 0.708. The molecule has 0 fully saturated rings. The van der Waals surface area contributed by atoms with Crippen molar-refractivity contribution < 1.29 is 13.9 Å². The maximum Gasteiger partial charge on any atom is 0.277 e. The zero-order valence-electron chi connectivity index (χ0n) is 15.1. The molecule has 0 saturated heterocycles. The summed E-state index contributed by atoms with van der Waals surface area (Å²) in [5.41, 5.74) is 3.62. The van der Waals surface area contributed by atoms with Crippen molar-refractivity contribution in [1.29, 1.82) is 0 Å². The van der Waals surface area contributed by atoms with Crippen LogP contribution in [0.2, 0.25) is 0 Å². The van der Waals surface area contributed by atoms with Crippen molar-refractivity contribution in [3.05, 3.63) is 73.3 Å². The Bertz CT molecular complexity index is 1040. The largest absolute Gasteiger partial charge is 0.483 e. The fourth-order valence-electron chi connectivity index (χ4n) is 2.15. The van der Waals surface area contributed by atoms with Gasteiger partial charge in [0.25, 0.3) is 5.91 Å². The second-order valence-corrected chi connectivity index (χ2v) is 9.53. The minimum absolute atomic E-state index is 0.159. The predicted molar refractivity (Wildman–Crippen MR) is 125 cm³/mol. The zero-order valence-corrected chi connectivity index (χ0v) is 20.7. The lowest BCUT2D eigenvalue weighted by atomic mass is 10.2. The Morgan fingerprint density at radius 1 is 1.14 bits per heavy atom. The first-order valence-corrected chi connectivity index (χ1v) is 11.5. The van der Waals surface area contributed by atoms with E-state index in [9.17, 15) is 4.79 Å². The average molecular weight is 603 g/mol. The van der Waals surface area contributed by atoms with Gasteiger partial charge in [-0.1, -0.05) is 45.4 Å². The van der Waals surface area contributed by atoms with E-state index in [0.29, 0.717) is 16.6 Å². The molecule has 0 aliphatic rings. The number of rotatable bonds is 7. The van der Waals surface area contributed by atoms with Gasteiger partial charge in [-0.2, -0.15) is 5.10 Å². The molecule has 0 unspecified atom stereocenters. The summed E-state index contributed by atoms with van der Waals surface area (Å²) < 4.78 is 13.7. The number of hydrogen-bond donors (Lipinski definition) is 1. The molecule has 0 saturated carbocycles. The zero-order chi connectivity index (χ0) is 20.8. The van der Waals surface area contributed by atoms with Gasteiger partial charge in [0.15, 0.2) is 11.7 Å². The molecule has 5 nitrogen and oxygen atoms in total. The normalized spacial score (nSPS) is 11.0. The van der Waals surface area contributed by atoms with E-state index in [1.54, 1.807) is 12.1 Å². The van der Waals surface area contributed by atoms with Crippen molar-refractivity contribution in [2.45, 2.75) is 16.9 Å². The maximum absolute atomic E-state index is 11.9. The highest BCUT2D eigenvalue weighted by Gasteiger charge is 2.10. The lowest BCUT2D eigenvalue weighted by molar-refractivity contribution is -0.123. The third-order valence-electron chi connectivity index (χ3n) is 3.54. The van der Waals surface area contributed by atoms with E-state index in [1.165, 1.54) is 23.5 Å². The van der Waals surface area contributed by atoms with Gasteiger partial charge in [-0.3, -0.25) is 4.79 Å². The monoisotopic (exact) mass is 600 g/mol. The summed E-state index contributed by atoms with van der Waals surface area (Å²) in [6, 6.07) is 15.4. The minimum Gasteiger partial charge on any atom is -0.483 e. The maximum atomic E-state index is 11.9. The Kier molecular flexibility index (Phi) is 7.99. The minimum atomic E-state index is -0.379. The standard InChI is InChI=1S/C20H15Br3N2O3S/c1-12-2-5-15(6-3-12)29-20-17(23)9-14(28-20)10-24-25-19(26)11-27-18-7-4-13(21)8-16(18)22/h2-10H,11H2,1H3,(H,25,26)/b24-10+. The number of carbonyl (C=O) groups is 1. The fraction of sp³-hybridized carbons (Fsp3) is 0.100. The molecule has 0 spiro atoms. The van der Waals surface area contributed by atoms with Crippen LogP contribution in [0.15, 0.2) is 81.5 Å². The van der Waals surface area contributed by atoms with E-state index in [0.717, 1.165) is 18.3 Å². The highest BCUT2D eigenvalue weighted by Crippen LogP contribution is 2.35. The van der Waals surface area contributed by atoms with Gasteiger partial charge in [0.05, 0.1) is 15.2 Å². The van der Waals surface area contributed by atoms with Crippen LogP contribution in [0.5, 0.6) is 5.75 Å². The summed E-state index contributed by atoms with van der Waals surface area (Å²) >= 11 is 11.7. The Morgan fingerprint density at radius 2 is 1.90 bits per heavy atom. The number of aryl methyl sites for hydroxylation is 1. The molecule has 0 bridgehead atoms. The van der Waals surface area contributed by atoms with E-state index in [2.05, 4.69) is 58.3 Å². The Labute approximate surface area is 197 Å². The van der Waals surface area contributed by atoms with Crippen LogP contribution in [0.4, 0.5) is 0 Å². The molecule has 2 aromatic carbocycles. The Morgan fingerprint density at radius 3 is 2.62 bits per heavy atom. The van der Waals surface area contributed by atoms with Crippen molar-refractivity contribution >= 4 is 71.7 Å². The highest BCUT2D eigenvalue weighted by molar-refractivity contribution is 9.11. The number of nitrogens with one attached hydrogen (secondary N) is 1.